The van der Waals surface area contributed by atoms with E-state index in [0.717, 1.165) is 0 Å². The molecule has 124 valence electrons. The van der Waals surface area contributed by atoms with Crippen LogP contribution >= 0.6 is 0 Å². The summed E-state index contributed by atoms with van der Waals surface area (Å²) in [5, 5.41) is 0. The first-order chi connectivity index (χ1) is 10.8. The third-order valence-electron chi connectivity index (χ3n) is 3.42. The molecule has 0 saturated carbocycles. The van der Waals surface area contributed by atoms with Gasteiger partial charge in [0.15, 0.2) is 0 Å². The van der Waals surface area contributed by atoms with Gasteiger partial charge in [-0.05, 0) is 11.8 Å². The molecule has 9 nitrogen and oxygen atoms in total. The number of hydrogen-bond acceptors (Lipinski definition) is 9. The molecule has 0 amide bonds. The topological polar surface area (TPSA) is 130 Å². The minimum atomic E-state index is -0.868. The van der Waals surface area contributed by atoms with Crippen LogP contribution in [0.4, 0.5) is 0 Å². The van der Waals surface area contributed by atoms with Gasteiger partial charge in [-0.25, -0.2) is 0 Å². The first-order valence-electron chi connectivity index (χ1n) is 7.02. The molecule has 2 aliphatic heterocycles. The highest BCUT2D eigenvalue weighted by molar-refractivity contribution is 5.91. The fraction of sp³-hybridized carbons (Fsp3) is 0.571. The second-order valence-electron chi connectivity index (χ2n) is 5.50. The molecule has 0 aromatic rings. The maximum absolute atomic E-state index is 11.6. The minimum Gasteiger partial charge on any atom is -0.393 e. The number of esters is 6. The fourth-order valence-electron chi connectivity index (χ4n) is 2.48. The summed E-state index contributed by atoms with van der Waals surface area (Å²) in [6.45, 7) is 0. The van der Waals surface area contributed by atoms with Crippen molar-refractivity contribution in [1.29, 1.82) is 0 Å². The molecule has 0 aromatic heterocycles. The second kappa shape index (κ2) is 7.12. The van der Waals surface area contributed by atoms with Crippen LogP contribution in [0.15, 0.2) is 0 Å². The average Bonchev–Trinajstić information content (AvgIpc) is 2.34. The molecule has 0 aromatic carbocycles. The van der Waals surface area contributed by atoms with Crippen LogP contribution in [0.3, 0.4) is 0 Å². The van der Waals surface area contributed by atoms with Crippen molar-refractivity contribution in [2.24, 2.45) is 11.8 Å². The minimum absolute atomic E-state index is 0.0992. The Bertz CT molecular complexity index is 495. The smallest absolute Gasteiger partial charge is 0.313 e. The van der Waals surface area contributed by atoms with Crippen LogP contribution in [0.5, 0.6) is 0 Å². The predicted molar refractivity (Wildman–Crippen MR) is 68.0 cm³/mol. The van der Waals surface area contributed by atoms with Crippen LogP contribution < -0.4 is 0 Å². The molecule has 2 saturated heterocycles. The summed E-state index contributed by atoms with van der Waals surface area (Å²) < 4.78 is 13.2. The van der Waals surface area contributed by atoms with Crippen molar-refractivity contribution in [3.63, 3.8) is 0 Å². The molecule has 23 heavy (non-hydrogen) atoms. The van der Waals surface area contributed by atoms with Gasteiger partial charge >= 0.3 is 35.8 Å². The summed E-state index contributed by atoms with van der Waals surface area (Å²) >= 11 is 0. The molecule has 2 rings (SSSR count). The average molecular weight is 326 g/mol. The lowest BCUT2D eigenvalue weighted by molar-refractivity contribution is -0.167. The summed E-state index contributed by atoms with van der Waals surface area (Å²) in [7, 11) is 0. The van der Waals surface area contributed by atoms with Crippen molar-refractivity contribution in [1.82, 2.24) is 0 Å². The third kappa shape index (κ3) is 5.28. The van der Waals surface area contributed by atoms with E-state index < -0.39 is 47.7 Å². The molecular formula is C14H14O9. The van der Waals surface area contributed by atoms with Gasteiger partial charge in [-0.3, -0.25) is 28.8 Å². The molecule has 9 heteroatoms. The lowest BCUT2D eigenvalue weighted by Gasteiger charge is -2.19. The van der Waals surface area contributed by atoms with E-state index in [9.17, 15) is 28.8 Å². The Morgan fingerprint density at radius 3 is 1.35 bits per heavy atom. The SMILES string of the molecule is O=C1CC(CC(=O)OC(=O)CC2CC(=O)OC(=O)C2)CC(=O)O1. The number of rotatable bonds is 4. The zero-order valence-electron chi connectivity index (χ0n) is 12.1. The molecule has 0 bridgehead atoms. The van der Waals surface area contributed by atoms with Gasteiger partial charge in [-0.2, -0.15) is 0 Å². The normalized spacial score (nSPS) is 20.0. The van der Waals surface area contributed by atoms with Crippen molar-refractivity contribution >= 4 is 35.8 Å². The fourth-order valence-corrected chi connectivity index (χ4v) is 2.48. The Balaban J connectivity index is 1.77. The summed E-state index contributed by atoms with van der Waals surface area (Å²) in [5.41, 5.74) is 0. The van der Waals surface area contributed by atoms with Crippen LogP contribution in [0.2, 0.25) is 0 Å². The molecule has 0 aliphatic carbocycles. The molecular weight excluding hydrogens is 312 g/mol. The highest BCUT2D eigenvalue weighted by Crippen LogP contribution is 2.23. The number of carbonyl (C=O) groups is 6. The zero-order valence-corrected chi connectivity index (χ0v) is 12.1. The molecule has 0 atom stereocenters. The molecule has 0 spiro atoms. The van der Waals surface area contributed by atoms with Crippen LogP contribution in [-0.2, 0) is 43.0 Å². The maximum atomic E-state index is 11.6. The first kappa shape index (κ1) is 16.8. The van der Waals surface area contributed by atoms with Gasteiger partial charge in [0.1, 0.15) is 0 Å². The summed E-state index contributed by atoms with van der Waals surface area (Å²) in [6.07, 6.45) is -0.928. The molecule has 0 radical (unpaired) electrons. The standard InChI is InChI=1S/C14H14O9/c15-9-1-7(2-10(16)21-9)5-13(19)23-14(20)6-8-3-11(17)22-12(18)4-8/h7-8H,1-6H2. The van der Waals surface area contributed by atoms with E-state index in [2.05, 4.69) is 14.2 Å². The molecule has 2 aliphatic rings. The largest absolute Gasteiger partial charge is 0.393 e. The summed E-state index contributed by atoms with van der Waals surface area (Å²) in [5.74, 6) is -5.73. The second-order valence-corrected chi connectivity index (χ2v) is 5.50. The van der Waals surface area contributed by atoms with Gasteiger partial charge in [-0.1, -0.05) is 0 Å². The van der Waals surface area contributed by atoms with Crippen molar-refractivity contribution in [3.05, 3.63) is 0 Å². The monoisotopic (exact) mass is 326 g/mol. The number of carbonyl (C=O) groups excluding carboxylic acids is 6. The van der Waals surface area contributed by atoms with E-state index in [1.54, 1.807) is 0 Å². The van der Waals surface area contributed by atoms with E-state index in [4.69, 9.17) is 0 Å². The van der Waals surface area contributed by atoms with Gasteiger partial charge in [-0.15, -0.1) is 0 Å². The number of cyclic esters (lactones) is 4. The van der Waals surface area contributed by atoms with Crippen LogP contribution in [-0.4, -0.2) is 35.8 Å². The van der Waals surface area contributed by atoms with E-state index in [1.165, 1.54) is 0 Å². The quantitative estimate of drug-likeness (QED) is 0.391. The summed E-state index contributed by atoms with van der Waals surface area (Å²) in [6, 6.07) is 0. The lowest BCUT2D eigenvalue weighted by Crippen LogP contribution is -2.29. The lowest BCUT2D eigenvalue weighted by atomic mass is 9.95. The third-order valence-corrected chi connectivity index (χ3v) is 3.42. The highest BCUT2D eigenvalue weighted by atomic mass is 16.6. The molecule has 2 heterocycles. The number of ether oxygens (including phenoxy) is 3. The number of hydrogen-bond donors (Lipinski definition) is 0. The Hall–Kier alpha value is -2.58. The van der Waals surface area contributed by atoms with E-state index in [0.29, 0.717) is 0 Å². The van der Waals surface area contributed by atoms with Gasteiger partial charge in [0.2, 0.25) is 0 Å². The summed E-state index contributed by atoms with van der Waals surface area (Å²) in [4.78, 5) is 67.6. The Morgan fingerprint density at radius 2 is 1.04 bits per heavy atom. The van der Waals surface area contributed by atoms with Gasteiger partial charge in [0.05, 0.1) is 0 Å². The maximum Gasteiger partial charge on any atom is 0.313 e. The van der Waals surface area contributed by atoms with Crippen molar-refractivity contribution in [2.45, 2.75) is 38.5 Å². The van der Waals surface area contributed by atoms with E-state index in [1.807, 2.05) is 0 Å². The first-order valence-corrected chi connectivity index (χ1v) is 7.02. The highest BCUT2D eigenvalue weighted by Gasteiger charge is 2.32. The van der Waals surface area contributed by atoms with Crippen molar-refractivity contribution in [3.8, 4) is 0 Å². The van der Waals surface area contributed by atoms with E-state index in [-0.39, 0.29) is 38.5 Å². The molecule has 0 N–H and O–H groups in total. The van der Waals surface area contributed by atoms with Crippen molar-refractivity contribution in [2.75, 3.05) is 0 Å². The van der Waals surface area contributed by atoms with Crippen molar-refractivity contribution < 1.29 is 43.0 Å². The van der Waals surface area contributed by atoms with Gasteiger partial charge in [0.25, 0.3) is 0 Å². The molecule has 2 fully saturated rings. The van der Waals surface area contributed by atoms with Crippen LogP contribution in [0, 0.1) is 11.8 Å². The van der Waals surface area contributed by atoms with Crippen LogP contribution in [0.25, 0.3) is 0 Å². The van der Waals surface area contributed by atoms with E-state index >= 15 is 0 Å². The zero-order chi connectivity index (χ0) is 17.0. The Morgan fingerprint density at radius 1 is 0.739 bits per heavy atom. The molecule has 0 unspecified atom stereocenters. The Labute approximate surface area is 130 Å². The van der Waals surface area contributed by atoms with Gasteiger partial charge in [0, 0.05) is 38.5 Å². The van der Waals surface area contributed by atoms with Gasteiger partial charge < -0.3 is 14.2 Å². The Kier molecular flexibility index (Phi) is 5.20. The predicted octanol–water partition coefficient (Wildman–Crippen LogP) is -0.204. The van der Waals surface area contributed by atoms with Crippen LogP contribution in [0.1, 0.15) is 38.5 Å².